The van der Waals surface area contributed by atoms with E-state index >= 15 is 0 Å². The van der Waals surface area contributed by atoms with Crippen molar-refractivity contribution in [2.24, 2.45) is 0 Å². The second-order valence-corrected chi connectivity index (χ2v) is 7.52. The highest BCUT2D eigenvalue weighted by Gasteiger charge is 2.33. The molecule has 0 aromatic carbocycles. The number of ether oxygens (including phenoxy) is 1. The van der Waals surface area contributed by atoms with Crippen LogP contribution in [-0.4, -0.2) is 40.1 Å². The predicted molar refractivity (Wildman–Crippen MR) is 92.0 cm³/mol. The fourth-order valence-electron chi connectivity index (χ4n) is 2.67. The van der Waals surface area contributed by atoms with Crippen molar-refractivity contribution in [3.05, 3.63) is 10.4 Å². The SMILES string of the molecule is CCC1(C)Cc2c(sc3nc(SC)nc(NCCO)c23)CO1. The Kier molecular flexibility index (Phi) is 4.59. The van der Waals surface area contributed by atoms with E-state index in [1.807, 2.05) is 6.26 Å². The zero-order valence-corrected chi connectivity index (χ0v) is 14.7. The van der Waals surface area contributed by atoms with Gasteiger partial charge in [-0.1, -0.05) is 18.7 Å². The Hall–Kier alpha value is -0.890. The summed E-state index contributed by atoms with van der Waals surface area (Å²) >= 11 is 3.23. The minimum atomic E-state index is -0.118. The van der Waals surface area contributed by atoms with Crippen LogP contribution in [0.15, 0.2) is 5.16 Å². The van der Waals surface area contributed by atoms with E-state index in [-0.39, 0.29) is 12.2 Å². The standard InChI is InChI=1S/C15H21N3O2S2/c1-4-15(2)7-9-10(8-20-15)22-13-11(9)12(16-5-6-19)17-14(18-13)21-3/h19H,4-8H2,1-3H3,(H,16,17,18). The summed E-state index contributed by atoms with van der Waals surface area (Å²) in [6.45, 7) is 5.55. The Bertz CT molecular complexity index is 689. The molecule has 1 unspecified atom stereocenters. The minimum absolute atomic E-state index is 0.0855. The monoisotopic (exact) mass is 339 g/mol. The van der Waals surface area contributed by atoms with Crippen molar-refractivity contribution in [2.75, 3.05) is 24.7 Å². The van der Waals surface area contributed by atoms with Gasteiger partial charge in [-0.15, -0.1) is 11.3 Å². The molecule has 22 heavy (non-hydrogen) atoms. The van der Waals surface area contributed by atoms with Crippen LogP contribution >= 0.6 is 23.1 Å². The van der Waals surface area contributed by atoms with Gasteiger partial charge >= 0.3 is 0 Å². The van der Waals surface area contributed by atoms with Gasteiger partial charge in [0.2, 0.25) is 0 Å². The number of thioether (sulfide) groups is 1. The number of aliphatic hydroxyl groups excluding tert-OH is 1. The molecular weight excluding hydrogens is 318 g/mol. The lowest BCUT2D eigenvalue weighted by Gasteiger charge is -2.33. The van der Waals surface area contributed by atoms with Crippen LogP contribution in [0.1, 0.15) is 30.7 Å². The molecule has 1 atom stereocenters. The van der Waals surface area contributed by atoms with Crippen molar-refractivity contribution in [3.8, 4) is 0 Å². The first-order valence-electron chi connectivity index (χ1n) is 7.45. The van der Waals surface area contributed by atoms with E-state index in [1.165, 1.54) is 22.2 Å². The van der Waals surface area contributed by atoms with Crippen LogP contribution in [-0.2, 0) is 17.8 Å². The van der Waals surface area contributed by atoms with Crippen LogP contribution in [0, 0.1) is 0 Å². The number of fused-ring (bicyclic) bond motifs is 3. The van der Waals surface area contributed by atoms with E-state index in [0.717, 1.165) is 34.0 Å². The predicted octanol–water partition coefficient (Wildman–Crippen LogP) is 3.06. The lowest BCUT2D eigenvalue weighted by molar-refractivity contribution is -0.0542. The molecule has 0 amide bonds. The first-order chi connectivity index (χ1) is 10.6. The number of nitrogens with one attached hydrogen (secondary N) is 1. The van der Waals surface area contributed by atoms with Gasteiger partial charge in [0.05, 0.1) is 24.2 Å². The highest BCUT2D eigenvalue weighted by atomic mass is 32.2. The first-order valence-corrected chi connectivity index (χ1v) is 9.49. The van der Waals surface area contributed by atoms with Gasteiger partial charge in [-0.05, 0) is 25.2 Å². The van der Waals surface area contributed by atoms with Gasteiger partial charge in [0.1, 0.15) is 10.6 Å². The quantitative estimate of drug-likeness (QED) is 0.645. The summed E-state index contributed by atoms with van der Waals surface area (Å²) in [4.78, 5) is 11.5. The van der Waals surface area contributed by atoms with Gasteiger partial charge in [0, 0.05) is 17.8 Å². The summed E-state index contributed by atoms with van der Waals surface area (Å²) < 4.78 is 6.04. The molecule has 3 heterocycles. The molecule has 3 rings (SSSR count). The Morgan fingerprint density at radius 2 is 2.27 bits per heavy atom. The average Bonchev–Trinajstić information content (AvgIpc) is 2.89. The number of nitrogens with zero attached hydrogens (tertiary/aromatic N) is 2. The molecule has 0 spiro atoms. The van der Waals surface area contributed by atoms with Gasteiger partial charge in [-0.3, -0.25) is 0 Å². The second-order valence-electron chi connectivity index (χ2n) is 5.66. The average molecular weight is 339 g/mol. The van der Waals surface area contributed by atoms with E-state index in [2.05, 4.69) is 29.1 Å². The summed E-state index contributed by atoms with van der Waals surface area (Å²) in [5, 5.41) is 14.2. The number of thiophene rings is 1. The zero-order valence-electron chi connectivity index (χ0n) is 13.1. The van der Waals surface area contributed by atoms with Crippen molar-refractivity contribution in [2.45, 2.75) is 44.1 Å². The van der Waals surface area contributed by atoms with E-state index in [1.54, 1.807) is 11.3 Å². The van der Waals surface area contributed by atoms with Crippen LogP contribution in [0.3, 0.4) is 0 Å². The molecule has 120 valence electrons. The topological polar surface area (TPSA) is 67.3 Å². The minimum Gasteiger partial charge on any atom is -0.395 e. The van der Waals surface area contributed by atoms with Gasteiger partial charge in [-0.25, -0.2) is 9.97 Å². The third kappa shape index (κ3) is 2.82. The molecule has 0 saturated carbocycles. The lowest BCUT2D eigenvalue weighted by atomic mass is 9.90. The Labute approximate surface area is 138 Å². The molecule has 0 aliphatic carbocycles. The first kappa shape index (κ1) is 16.0. The summed E-state index contributed by atoms with van der Waals surface area (Å²) in [6, 6.07) is 0. The largest absolute Gasteiger partial charge is 0.395 e. The summed E-state index contributed by atoms with van der Waals surface area (Å²) in [5.41, 5.74) is 1.19. The maximum Gasteiger partial charge on any atom is 0.190 e. The summed E-state index contributed by atoms with van der Waals surface area (Å²) in [6.07, 6.45) is 3.84. The van der Waals surface area contributed by atoms with Gasteiger partial charge in [0.25, 0.3) is 0 Å². The number of aliphatic hydroxyl groups is 1. The van der Waals surface area contributed by atoms with Gasteiger partial charge in [-0.2, -0.15) is 0 Å². The van der Waals surface area contributed by atoms with E-state index in [0.29, 0.717) is 13.2 Å². The highest BCUT2D eigenvalue weighted by Crippen LogP contribution is 2.42. The second kappa shape index (κ2) is 6.31. The fourth-order valence-corrected chi connectivity index (χ4v) is 4.20. The molecule has 2 aromatic heterocycles. The van der Waals surface area contributed by atoms with Crippen molar-refractivity contribution in [1.82, 2.24) is 9.97 Å². The van der Waals surface area contributed by atoms with Crippen LogP contribution < -0.4 is 5.32 Å². The van der Waals surface area contributed by atoms with Crippen molar-refractivity contribution < 1.29 is 9.84 Å². The van der Waals surface area contributed by atoms with Crippen LogP contribution in [0.2, 0.25) is 0 Å². The zero-order chi connectivity index (χ0) is 15.7. The maximum atomic E-state index is 9.11. The van der Waals surface area contributed by atoms with Crippen LogP contribution in [0.4, 0.5) is 5.82 Å². The third-order valence-corrected chi connectivity index (χ3v) is 5.80. The number of hydrogen-bond acceptors (Lipinski definition) is 7. The molecule has 0 bridgehead atoms. The molecule has 2 aromatic rings. The molecule has 0 saturated heterocycles. The normalized spacial score (nSPS) is 21.1. The number of aromatic nitrogens is 2. The smallest absolute Gasteiger partial charge is 0.190 e. The van der Waals surface area contributed by atoms with E-state index < -0.39 is 0 Å². The summed E-state index contributed by atoms with van der Waals surface area (Å²) in [5.74, 6) is 0.834. The number of hydrogen-bond donors (Lipinski definition) is 2. The molecule has 1 aliphatic heterocycles. The van der Waals surface area contributed by atoms with Crippen LogP contribution in [0.25, 0.3) is 10.2 Å². The van der Waals surface area contributed by atoms with Crippen molar-refractivity contribution in [3.63, 3.8) is 0 Å². The number of rotatable bonds is 5. The van der Waals surface area contributed by atoms with E-state index in [4.69, 9.17) is 9.84 Å². The highest BCUT2D eigenvalue weighted by molar-refractivity contribution is 7.98. The van der Waals surface area contributed by atoms with Crippen LogP contribution in [0.5, 0.6) is 0 Å². The third-order valence-electron chi connectivity index (χ3n) is 4.15. The molecule has 5 nitrogen and oxygen atoms in total. The Balaban J connectivity index is 2.13. The van der Waals surface area contributed by atoms with Gasteiger partial charge < -0.3 is 15.2 Å². The maximum absolute atomic E-state index is 9.11. The number of anilines is 1. The molecular formula is C15H21N3O2S2. The van der Waals surface area contributed by atoms with Crippen molar-refractivity contribution in [1.29, 1.82) is 0 Å². The summed E-state index contributed by atoms with van der Waals surface area (Å²) in [7, 11) is 0. The van der Waals surface area contributed by atoms with Crippen molar-refractivity contribution >= 4 is 39.1 Å². The molecule has 1 aliphatic rings. The van der Waals surface area contributed by atoms with Gasteiger partial charge in [0.15, 0.2) is 5.16 Å². The van der Waals surface area contributed by atoms with E-state index in [9.17, 15) is 0 Å². The molecule has 0 fully saturated rings. The lowest BCUT2D eigenvalue weighted by Crippen LogP contribution is -2.34. The molecule has 7 heteroatoms. The Morgan fingerprint density at radius 3 is 2.95 bits per heavy atom. The molecule has 2 N–H and O–H groups in total. The Morgan fingerprint density at radius 1 is 1.45 bits per heavy atom. The molecule has 0 radical (unpaired) electrons. The fraction of sp³-hybridized carbons (Fsp3) is 0.600.